The van der Waals surface area contributed by atoms with Gasteiger partial charge < -0.3 is 0 Å². The van der Waals surface area contributed by atoms with E-state index in [0.717, 1.165) is 32.3 Å². The van der Waals surface area contributed by atoms with Gasteiger partial charge in [0.2, 0.25) is 0 Å². The second kappa shape index (κ2) is 4.58. The normalized spacial score (nSPS) is 10.6. The van der Waals surface area contributed by atoms with Gasteiger partial charge in [-0.15, -0.1) is 0 Å². The van der Waals surface area contributed by atoms with E-state index >= 15 is 0 Å². The first-order valence-corrected chi connectivity index (χ1v) is 7.01. The van der Waals surface area contributed by atoms with E-state index in [4.69, 9.17) is 0 Å². The molecular formula is C20H10N2. The minimum absolute atomic E-state index is 0.635. The summed E-state index contributed by atoms with van der Waals surface area (Å²) in [7, 11) is 0. The monoisotopic (exact) mass is 278 g/mol. The average molecular weight is 278 g/mol. The molecule has 0 aliphatic heterocycles. The van der Waals surface area contributed by atoms with E-state index < -0.39 is 0 Å². The summed E-state index contributed by atoms with van der Waals surface area (Å²) < 4.78 is 0. The number of nitrogens with zero attached hydrogens (tertiary/aromatic N) is 2. The minimum atomic E-state index is 0.635. The van der Waals surface area contributed by atoms with Crippen molar-refractivity contribution >= 4 is 32.3 Å². The van der Waals surface area contributed by atoms with Gasteiger partial charge in [0.1, 0.15) is 12.1 Å². The molecule has 0 saturated carbocycles. The van der Waals surface area contributed by atoms with Crippen LogP contribution in [0.1, 0.15) is 11.1 Å². The Morgan fingerprint density at radius 2 is 0.955 bits per heavy atom. The van der Waals surface area contributed by atoms with Gasteiger partial charge >= 0.3 is 0 Å². The van der Waals surface area contributed by atoms with E-state index in [-0.39, 0.29) is 0 Å². The summed E-state index contributed by atoms with van der Waals surface area (Å²) in [5.74, 6) is 0. The zero-order valence-electron chi connectivity index (χ0n) is 11.7. The van der Waals surface area contributed by atoms with Gasteiger partial charge in [0.15, 0.2) is 0 Å². The molecule has 4 aromatic carbocycles. The molecule has 2 nitrogen and oxygen atoms in total. The molecule has 2 heteroatoms. The molecule has 22 heavy (non-hydrogen) atoms. The number of fused-ring (bicyclic) bond motifs is 3. The van der Waals surface area contributed by atoms with Gasteiger partial charge in [-0.05, 0) is 22.9 Å². The molecule has 0 fully saturated rings. The Morgan fingerprint density at radius 3 is 1.36 bits per heavy atom. The summed E-state index contributed by atoms with van der Waals surface area (Å²) in [6, 6.07) is 24.3. The number of nitriles is 2. The van der Waals surface area contributed by atoms with E-state index in [9.17, 15) is 10.5 Å². The molecule has 0 bridgehead atoms. The molecule has 0 radical (unpaired) electrons. The van der Waals surface area contributed by atoms with Crippen LogP contribution in [0.4, 0.5) is 0 Å². The Morgan fingerprint density at radius 1 is 0.545 bits per heavy atom. The predicted molar refractivity (Wildman–Crippen MR) is 88.4 cm³/mol. The van der Waals surface area contributed by atoms with Crippen molar-refractivity contribution < 1.29 is 0 Å². The zero-order valence-corrected chi connectivity index (χ0v) is 11.7. The fraction of sp³-hybridized carbons (Fsp3) is 0. The third kappa shape index (κ3) is 1.59. The third-order valence-electron chi connectivity index (χ3n) is 4.11. The number of hydrogen-bond acceptors (Lipinski definition) is 2. The van der Waals surface area contributed by atoms with E-state index in [1.54, 1.807) is 0 Å². The second-order valence-electron chi connectivity index (χ2n) is 5.26. The van der Waals surface area contributed by atoms with Crippen LogP contribution in [-0.2, 0) is 0 Å². The number of hydrogen-bond donors (Lipinski definition) is 0. The smallest absolute Gasteiger partial charge is 0.100 e. The Kier molecular flexibility index (Phi) is 2.58. The lowest BCUT2D eigenvalue weighted by atomic mass is 9.91. The van der Waals surface area contributed by atoms with Gasteiger partial charge in [0.25, 0.3) is 0 Å². The van der Waals surface area contributed by atoms with Crippen molar-refractivity contribution in [3.63, 3.8) is 0 Å². The van der Waals surface area contributed by atoms with E-state index in [1.165, 1.54) is 0 Å². The lowest BCUT2D eigenvalue weighted by Gasteiger charge is -2.10. The first kappa shape index (κ1) is 12.4. The van der Waals surface area contributed by atoms with Crippen molar-refractivity contribution in [2.45, 2.75) is 0 Å². The van der Waals surface area contributed by atoms with Crippen LogP contribution >= 0.6 is 0 Å². The molecule has 0 aromatic heterocycles. The molecule has 0 spiro atoms. The predicted octanol–water partition coefficient (Wildman–Crippen LogP) is 4.89. The maximum Gasteiger partial charge on any atom is 0.100 e. The first-order valence-electron chi connectivity index (χ1n) is 7.01. The van der Waals surface area contributed by atoms with Crippen LogP contribution < -0.4 is 0 Å². The lowest BCUT2D eigenvalue weighted by molar-refractivity contribution is 1.50. The molecule has 100 valence electrons. The fourth-order valence-corrected chi connectivity index (χ4v) is 3.10. The fourth-order valence-electron chi connectivity index (χ4n) is 3.10. The van der Waals surface area contributed by atoms with Gasteiger partial charge in [-0.3, -0.25) is 0 Å². The maximum atomic E-state index is 9.64. The average Bonchev–Trinajstić information content (AvgIpc) is 2.58. The van der Waals surface area contributed by atoms with Gasteiger partial charge in [0, 0.05) is 21.5 Å². The number of benzene rings is 4. The Bertz CT molecular complexity index is 1050. The number of rotatable bonds is 0. The van der Waals surface area contributed by atoms with E-state index in [2.05, 4.69) is 12.1 Å². The Hall–Kier alpha value is -3.36. The summed E-state index contributed by atoms with van der Waals surface area (Å²) >= 11 is 0. The van der Waals surface area contributed by atoms with E-state index in [1.807, 2.05) is 60.7 Å². The van der Waals surface area contributed by atoms with Crippen molar-refractivity contribution in [1.82, 2.24) is 0 Å². The highest BCUT2D eigenvalue weighted by molar-refractivity contribution is 6.13. The van der Waals surface area contributed by atoms with Crippen LogP contribution in [0.15, 0.2) is 60.7 Å². The van der Waals surface area contributed by atoms with Gasteiger partial charge in [-0.1, -0.05) is 48.5 Å². The van der Waals surface area contributed by atoms with Crippen molar-refractivity contribution in [2.24, 2.45) is 0 Å². The van der Waals surface area contributed by atoms with Crippen LogP contribution in [0.3, 0.4) is 0 Å². The Labute approximate surface area is 127 Å². The molecule has 0 aliphatic rings. The van der Waals surface area contributed by atoms with Gasteiger partial charge in [-0.2, -0.15) is 10.5 Å². The van der Waals surface area contributed by atoms with Gasteiger partial charge in [0.05, 0.1) is 11.1 Å². The third-order valence-corrected chi connectivity index (χ3v) is 4.11. The quantitative estimate of drug-likeness (QED) is 0.430. The molecular weight excluding hydrogens is 268 g/mol. The SMILES string of the molecule is N#Cc1c2ccccc2c(C#N)c2cc3ccccc3cc12. The van der Waals surface area contributed by atoms with Crippen LogP contribution in [0.25, 0.3) is 32.3 Å². The molecule has 0 saturated heterocycles. The highest BCUT2D eigenvalue weighted by atomic mass is 14.3. The molecule has 0 heterocycles. The molecule has 0 amide bonds. The van der Waals surface area contributed by atoms with Crippen molar-refractivity contribution in [2.75, 3.05) is 0 Å². The van der Waals surface area contributed by atoms with Crippen LogP contribution in [0, 0.1) is 22.7 Å². The highest BCUT2D eigenvalue weighted by Gasteiger charge is 2.14. The second-order valence-corrected chi connectivity index (χ2v) is 5.26. The molecule has 0 atom stereocenters. The molecule has 0 N–H and O–H groups in total. The largest absolute Gasteiger partial charge is 0.192 e. The van der Waals surface area contributed by atoms with Crippen LogP contribution in [0.2, 0.25) is 0 Å². The van der Waals surface area contributed by atoms with E-state index in [0.29, 0.717) is 11.1 Å². The summed E-state index contributed by atoms with van der Waals surface area (Å²) in [6.45, 7) is 0. The van der Waals surface area contributed by atoms with Crippen LogP contribution in [0.5, 0.6) is 0 Å². The summed E-state index contributed by atoms with van der Waals surface area (Å²) in [4.78, 5) is 0. The molecule has 4 rings (SSSR count). The standard InChI is InChI=1S/C20H10N2/c21-11-19-15-7-3-4-8-16(15)20(12-22)18-10-14-6-2-1-5-13(14)9-17(18)19/h1-10H. The summed E-state index contributed by atoms with van der Waals surface area (Å²) in [5, 5.41) is 24.8. The van der Waals surface area contributed by atoms with Crippen molar-refractivity contribution in [1.29, 1.82) is 10.5 Å². The Balaban J connectivity index is 2.37. The highest BCUT2D eigenvalue weighted by Crippen LogP contribution is 2.34. The summed E-state index contributed by atoms with van der Waals surface area (Å²) in [6.07, 6.45) is 0. The lowest BCUT2D eigenvalue weighted by Crippen LogP contribution is -1.90. The minimum Gasteiger partial charge on any atom is -0.192 e. The first-order chi connectivity index (χ1) is 10.8. The van der Waals surface area contributed by atoms with Gasteiger partial charge in [-0.25, -0.2) is 0 Å². The van der Waals surface area contributed by atoms with Crippen LogP contribution in [-0.4, -0.2) is 0 Å². The molecule has 0 aliphatic carbocycles. The molecule has 0 unspecified atom stereocenters. The molecule has 4 aromatic rings. The maximum absolute atomic E-state index is 9.64. The topological polar surface area (TPSA) is 47.6 Å². The summed E-state index contributed by atoms with van der Waals surface area (Å²) in [5.41, 5.74) is 1.27. The van der Waals surface area contributed by atoms with Crippen molar-refractivity contribution in [3.8, 4) is 12.1 Å². The zero-order chi connectivity index (χ0) is 15.1. The van der Waals surface area contributed by atoms with Crippen molar-refractivity contribution in [3.05, 3.63) is 71.8 Å².